The van der Waals surface area contributed by atoms with Gasteiger partial charge in [0.25, 0.3) is 0 Å². The summed E-state index contributed by atoms with van der Waals surface area (Å²) in [5.41, 5.74) is 1.78. The first-order chi connectivity index (χ1) is 27.9. The third-order valence-corrected chi connectivity index (χ3v) is 11.0. The zero-order valence-corrected chi connectivity index (χ0v) is 34.6. The molecule has 2 atom stereocenters. The fourth-order valence-corrected chi connectivity index (χ4v) is 7.90. The number of carbonyl (C=O) groups is 1. The summed E-state index contributed by atoms with van der Waals surface area (Å²) in [7, 11) is 4.09. The van der Waals surface area contributed by atoms with Crippen LogP contribution in [0.5, 0.6) is 11.5 Å². The highest BCUT2D eigenvalue weighted by Crippen LogP contribution is 2.44. The lowest BCUT2D eigenvalue weighted by Gasteiger charge is -2.37. The van der Waals surface area contributed by atoms with Crippen molar-refractivity contribution in [2.24, 2.45) is 0 Å². The highest BCUT2D eigenvalue weighted by molar-refractivity contribution is 5.95. The van der Waals surface area contributed by atoms with Gasteiger partial charge in [0, 0.05) is 84.6 Å². The van der Waals surface area contributed by atoms with Gasteiger partial charge in [-0.2, -0.15) is 0 Å². The largest absolute Gasteiger partial charge is 0.487 e. The fraction of sp³-hybridized carbons (Fsp3) is 0.548. The van der Waals surface area contributed by atoms with Crippen molar-refractivity contribution in [3.05, 3.63) is 67.7 Å². The Hall–Kier alpha value is -4.61. The predicted molar refractivity (Wildman–Crippen MR) is 220 cm³/mol. The number of anilines is 2. The monoisotopic (exact) mass is 810 g/mol. The van der Waals surface area contributed by atoms with Crippen molar-refractivity contribution in [1.29, 1.82) is 0 Å². The maximum absolute atomic E-state index is 15.4. The Kier molecular flexibility index (Phi) is 13.7. The molecule has 0 spiro atoms. The van der Waals surface area contributed by atoms with Crippen LogP contribution in [0.4, 0.5) is 20.2 Å². The molecule has 0 bridgehead atoms. The molecule has 4 aliphatic heterocycles. The molecular weight excluding hydrogens is 754 g/mol. The van der Waals surface area contributed by atoms with Crippen LogP contribution in [0.1, 0.15) is 68.9 Å². The Labute approximate surface area is 337 Å². The number of carbonyl (C=O) groups excluding carboxylic acids is 1. The van der Waals surface area contributed by atoms with Gasteiger partial charge in [0.1, 0.15) is 24.6 Å². The molecule has 316 valence electrons. The van der Waals surface area contributed by atoms with E-state index in [0.29, 0.717) is 104 Å². The lowest BCUT2D eigenvalue weighted by molar-refractivity contribution is -0.141. The molecule has 58 heavy (non-hydrogen) atoms. The number of rotatable bonds is 8. The van der Waals surface area contributed by atoms with E-state index in [2.05, 4.69) is 16.8 Å². The zero-order valence-electron chi connectivity index (χ0n) is 34.6. The molecule has 14 nitrogen and oxygen atoms in total. The van der Waals surface area contributed by atoms with Crippen LogP contribution < -0.4 is 30.1 Å². The molecule has 2 aromatic carbocycles. The van der Waals surface area contributed by atoms with Gasteiger partial charge in [-0.3, -0.25) is 14.4 Å². The molecule has 2 saturated heterocycles. The molecule has 16 heteroatoms. The van der Waals surface area contributed by atoms with E-state index in [4.69, 9.17) is 24.1 Å². The zero-order chi connectivity index (χ0) is 41.8. The summed E-state index contributed by atoms with van der Waals surface area (Å²) < 4.78 is 57.4. The summed E-state index contributed by atoms with van der Waals surface area (Å²) in [6.07, 6.45) is 3.10. The molecule has 0 radical (unpaired) electrons. The standard InChI is InChI=1S/C22H30FN3O4.C18H20FN3O3.C2H6O/c1-5-28-22(29-6-2)16-12-26-14(3)13-30-21-18(26)15(20(16)27)11-17(23)19(21)25-9-7-24(4)8-10-25;1-11-10-25-18-15-13(17(24)12(9-23)8-22(11)15)7-14(19)16(18)21-5-3-20(2)4-6-21;1-2-3/h11-12,14,22H,5-10,13H2,1-4H3;7-9,11H,3-6,10H2,1-2H3;3H,2H2,1H3/t14-;11-;/m00./s1. The Morgan fingerprint density at radius 1 is 0.741 bits per heavy atom. The van der Waals surface area contributed by atoms with E-state index >= 15 is 4.39 Å². The van der Waals surface area contributed by atoms with Crippen molar-refractivity contribution in [1.82, 2.24) is 18.9 Å². The number of nitrogens with zero attached hydrogens (tertiary/aromatic N) is 6. The normalized spacial score (nSPS) is 19.3. The molecule has 0 saturated carbocycles. The number of aliphatic hydroxyl groups is 1. The smallest absolute Gasteiger partial charge is 0.200 e. The molecule has 2 aromatic heterocycles. The summed E-state index contributed by atoms with van der Waals surface area (Å²) >= 11 is 0. The number of likely N-dealkylation sites (N-methyl/N-ethyl adjacent to an activating group) is 2. The van der Waals surface area contributed by atoms with Gasteiger partial charge in [0.05, 0.1) is 45.0 Å². The minimum Gasteiger partial charge on any atom is -0.487 e. The van der Waals surface area contributed by atoms with Crippen LogP contribution >= 0.6 is 0 Å². The Bertz CT molecular complexity index is 2230. The van der Waals surface area contributed by atoms with E-state index in [1.807, 2.05) is 53.7 Å². The van der Waals surface area contributed by atoms with Gasteiger partial charge in [0.15, 0.2) is 46.6 Å². The summed E-state index contributed by atoms with van der Waals surface area (Å²) in [5, 5.41) is 8.07. The van der Waals surface area contributed by atoms with E-state index < -0.39 is 23.4 Å². The summed E-state index contributed by atoms with van der Waals surface area (Å²) in [6, 6.07) is 2.55. The third kappa shape index (κ3) is 8.30. The number of aldehydes is 1. The summed E-state index contributed by atoms with van der Waals surface area (Å²) in [4.78, 5) is 45.5. The number of hydrogen-bond donors (Lipinski definition) is 1. The van der Waals surface area contributed by atoms with Gasteiger partial charge in [-0.15, -0.1) is 0 Å². The number of ether oxygens (including phenoxy) is 4. The average molecular weight is 811 g/mol. The highest BCUT2D eigenvalue weighted by Gasteiger charge is 2.33. The van der Waals surface area contributed by atoms with Crippen LogP contribution in [0, 0.1) is 11.6 Å². The molecule has 4 aromatic rings. The van der Waals surface area contributed by atoms with Gasteiger partial charge in [-0.05, 0) is 60.8 Å². The molecule has 6 heterocycles. The van der Waals surface area contributed by atoms with Gasteiger partial charge in [0.2, 0.25) is 0 Å². The van der Waals surface area contributed by atoms with Gasteiger partial charge >= 0.3 is 0 Å². The first kappa shape index (κ1) is 43.0. The Balaban J connectivity index is 0.000000186. The van der Waals surface area contributed by atoms with Crippen molar-refractivity contribution >= 4 is 39.5 Å². The lowest BCUT2D eigenvalue weighted by atomic mass is 10.0. The fourth-order valence-electron chi connectivity index (χ4n) is 7.90. The van der Waals surface area contributed by atoms with E-state index in [-0.39, 0.29) is 35.1 Å². The van der Waals surface area contributed by atoms with Crippen LogP contribution in [0.15, 0.2) is 34.1 Å². The number of piperazine rings is 2. The Morgan fingerprint density at radius 2 is 1.16 bits per heavy atom. The average Bonchev–Trinajstić information content (AvgIpc) is 3.20. The molecule has 0 amide bonds. The van der Waals surface area contributed by atoms with Crippen LogP contribution in [-0.4, -0.2) is 130 Å². The number of halogens is 2. The number of aromatic nitrogens is 2. The van der Waals surface area contributed by atoms with Crippen molar-refractivity contribution in [2.75, 3.05) is 109 Å². The first-order valence-electron chi connectivity index (χ1n) is 20.1. The molecule has 4 aliphatic rings. The first-order valence-corrected chi connectivity index (χ1v) is 20.1. The molecule has 0 aliphatic carbocycles. The second kappa shape index (κ2) is 18.5. The predicted octanol–water partition coefficient (Wildman–Crippen LogP) is 4.57. The molecular formula is C42H56F2N6O8. The van der Waals surface area contributed by atoms with Crippen LogP contribution in [0.3, 0.4) is 0 Å². The maximum Gasteiger partial charge on any atom is 0.200 e. The maximum atomic E-state index is 15.4. The lowest BCUT2D eigenvalue weighted by Crippen LogP contribution is -2.45. The second-order valence-electron chi connectivity index (χ2n) is 15.1. The second-order valence-corrected chi connectivity index (χ2v) is 15.1. The minimum atomic E-state index is -0.778. The van der Waals surface area contributed by atoms with E-state index in [1.165, 1.54) is 12.1 Å². The van der Waals surface area contributed by atoms with Crippen molar-refractivity contribution in [3.63, 3.8) is 0 Å². The minimum absolute atomic E-state index is 0.00551. The van der Waals surface area contributed by atoms with Gasteiger partial charge in [-0.25, -0.2) is 8.78 Å². The molecule has 8 rings (SSSR count). The quantitative estimate of drug-likeness (QED) is 0.198. The third-order valence-electron chi connectivity index (χ3n) is 11.0. The van der Waals surface area contributed by atoms with Crippen molar-refractivity contribution in [2.45, 2.75) is 53.0 Å². The molecule has 2 fully saturated rings. The van der Waals surface area contributed by atoms with Gasteiger partial charge < -0.3 is 52.8 Å². The number of aliphatic hydroxyl groups excluding tert-OH is 1. The van der Waals surface area contributed by atoms with Crippen LogP contribution in [-0.2, 0) is 9.47 Å². The van der Waals surface area contributed by atoms with Crippen molar-refractivity contribution < 1.29 is 37.6 Å². The highest BCUT2D eigenvalue weighted by atomic mass is 19.1. The summed E-state index contributed by atoms with van der Waals surface area (Å²) in [6.45, 7) is 17.4. The van der Waals surface area contributed by atoms with Crippen LogP contribution in [0.2, 0.25) is 0 Å². The molecule has 0 unspecified atom stereocenters. The van der Waals surface area contributed by atoms with E-state index in [0.717, 1.165) is 26.2 Å². The number of hydrogen-bond acceptors (Lipinski definition) is 12. The SMILES string of the molecule is CCO.CCOC(OCC)c1cn2c3c(c(N4CCN(C)CC4)c(F)cc3c1=O)OC[C@@H]2C.C[C@H]1COc2c(N3CCN(C)CC3)c(F)cc3c(=O)c(C=O)cn1c23. The van der Waals surface area contributed by atoms with E-state index in [9.17, 15) is 18.8 Å². The molecule has 1 N–H and O–H groups in total. The number of benzene rings is 2. The number of pyridine rings is 2. The van der Waals surface area contributed by atoms with Crippen molar-refractivity contribution in [3.8, 4) is 11.5 Å². The van der Waals surface area contributed by atoms with Crippen LogP contribution in [0.25, 0.3) is 21.8 Å². The van der Waals surface area contributed by atoms with E-state index in [1.54, 1.807) is 19.3 Å². The van der Waals surface area contributed by atoms with Gasteiger partial charge in [-0.1, -0.05) is 0 Å². The topological polar surface area (TPSA) is 131 Å². The summed E-state index contributed by atoms with van der Waals surface area (Å²) in [5.74, 6) is -0.0389. The Morgan fingerprint density at radius 3 is 1.57 bits per heavy atom.